The number of carbonyl (C=O) groups excluding carboxylic acids is 3. The highest BCUT2D eigenvalue weighted by Crippen LogP contribution is 2.75. The first-order valence-corrected chi connectivity index (χ1v) is 15.6. The molecule has 0 heterocycles. The quantitative estimate of drug-likeness (QED) is 0.145. The van der Waals surface area contributed by atoms with Crippen molar-refractivity contribution < 1.29 is 39.2 Å². The lowest BCUT2D eigenvalue weighted by Crippen LogP contribution is -2.65. The van der Waals surface area contributed by atoms with E-state index >= 15 is 0 Å². The van der Waals surface area contributed by atoms with Crippen LogP contribution in [0.25, 0.3) is 0 Å². The summed E-state index contributed by atoms with van der Waals surface area (Å²) in [6.07, 6.45) is 5.65. The number of esters is 2. The molecule has 2 unspecified atom stereocenters. The maximum atomic E-state index is 14.7. The number of allylic oxidation sites excluding steroid dienone is 2. The van der Waals surface area contributed by atoms with Crippen LogP contribution in [0.4, 0.5) is 0 Å². The summed E-state index contributed by atoms with van der Waals surface area (Å²) in [5, 5.41) is 35.4. The van der Waals surface area contributed by atoms with E-state index in [2.05, 4.69) is 6.92 Å². The van der Waals surface area contributed by atoms with Crippen LogP contribution < -0.4 is 0 Å². The molecule has 2 saturated carbocycles. The monoisotopic (exact) mass is 586 g/mol. The molecule has 4 aliphatic rings. The summed E-state index contributed by atoms with van der Waals surface area (Å²) in [5.74, 6) is -3.00. The first kappa shape index (κ1) is 32.6. The van der Waals surface area contributed by atoms with Crippen molar-refractivity contribution in [3.8, 4) is 0 Å². The molecule has 0 aromatic heterocycles. The second-order valence-electron chi connectivity index (χ2n) is 14.1. The van der Waals surface area contributed by atoms with E-state index in [0.29, 0.717) is 24.0 Å². The average molecular weight is 587 g/mol. The van der Waals surface area contributed by atoms with E-state index < -0.39 is 58.0 Å². The Morgan fingerprint density at radius 2 is 1.69 bits per heavy atom. The van der Waals surface area contributed by atoms with Gasteiger partial charge in [0.2, 0.25) is 0 Å². The Labute approximate surface area is 250 Å². The molecule has 4 aliphatic carbocycles. The number of hydrogen-bond acceptors (Lipinski definition) is 8. The van der Waals surface area contributed by atoms with E-state index in [1.807, 2.05) is 20.8 Å². The Morgan fingerprint density at radius 1 is 1.05 bits per heavy atom. The molecular formula is C34H50O8. The molecule has 2 bridgehead atoms. The summed E-state index contributed by atoms with van der Waals surface area (Å²) in [6.45, 7) is 14.5. The SMILES string of the molecule is CCCCCCCC(=O)O[C@@]12CC(C)C34C=C(C)[C@H](O)[C@@]3(O)[C@H](O)C(COC(=O)C(C)=C(C)C)=C[C@H](C4=O)[C@@H]1C2(C)C. The van der Waals surface area contributed by atoms with Crippen LogP contribution in [0.2, 0.25) is 0 Å². The Bertz CT molecular complexity index is 1220. The predicted octanol–water partition coefficient (Wildman–Crippen LogP) is 4.75. The summed E-state index contributed by atoms with van der Waals surface area (Å²) in [5.41, 5.74) is -3.65. The maximum Gasteiger partial charge on any atom is 0.333 e. The highest BCUT2D eigenvalue weighted by atomic mass is 16.6. The number of ketones is 1. The van der Waals surface area contributed by atoms with Crippen LogP contribution in [0.3, 0.4) is 0 Å². The van der Waals surface area contributed by atoms with Gasteiger partial charge in [0, 0.05) is 29.2 Å². The normalized spacial score (nSPS) is 37.8. The molecule has 0 aromatic carbocycles. The summed E-state index contributed by atoms with van der Waals surface area (Å²) < 4.78 is 11.9. The Hall–Kier alpha value is -2.29. The average Bonchev–Trinajstić information content (AvgIpc) is 3.34. The Morgan fingerprint density at radius 3 is 2.31 bits per heavy atom. The van der Waals surface area contributed by atoms with Gasteiger partial charge in [-0.05, 0) is 57.6 Å². The van der Waals surface area contributed by atoms with E-state index in [0.717, 1.165) is 37.7 Å². The fourth-order valence-electron chi connectivity index (χ4n) is 8.31. The van der Waals surface area contributed by atoms with Crippen LogP contribution in [0.5, 0.6) is 0 Å². The maximum absolute atomic E-state index is 14.7. The summed E-state index contributed by atoms with van der Waals surface area (Å²) in [4.78, 5) is 40.6. The van der Waals surface area contributed by atoms with Crippen LogP contribution in [0.1, 0.15) is 100 Å². The van der Waals surface area contributed by atoms with Crippen LogP contribution in [-0.4, -0.2) is 63.1 Å². The number of hydrogen-bond donors (Lipinski definition) is 3. The van der Waals surface area contributed by atoms with E-state index in [1.54, 1.807) is 39.8 Å². The van der Waals surface area contributed by atoms with Crippen molar-refractivity contribution in [1.29, 1.82) is 0 Å². The van der Waals surface area contributed by atoms with Crippen molar-refractivity contribution in [3.05, 3.63) is 34.4 Å². The van der Waals surface area contributed by atoms with Gasteiger partial charge >= 0.3 is 11.9 Å². The van der Waals surface area contributed by atoms with Crippen molar-refractivity contribution in [1.82, 2.24) is 0 Å². The zero-order valence-electron chi connectivity index (χ0n) is 26.6. The lowest BCUT2D eigenvalue weighted by atomic mass is 9.59. The molecule has 0 saturated heterocycles. The summed E-state index contributed by atoms with van der Waals surface area (Å²) in [6, 6.07) is 0. The van der Waals surface area contributed by atoms with Gasteiger partial charge in [-0.2, -0.15) is 0 Å². The van der Waals surface area contributed by atoms with Crippen molar-refractivity contribution in [3.63, 3.8) is 0 Å². The minimum absolute atomic E-state index is 0.155. The molecule has 1 spiro atoms. The van der Waals surface area contributed by atoms with Crippen LogP contribution in [-0.2, 0) is 23.9 Å². The van der Waals surface area contributed by atoms with Crippen LogP contribution in [0, 0.1) is 28.6 Å². The molecule has 4 rings (SSSR count). The van der Waals surface area contributed by atoms with E-state index in [9.17, 15) is 29.7 Å². The fourth-order valence-corrected chi connectivity index (χ4v) is 8.31. The highest BCUT2D eigenvalue weighted by molar-refractivity contribution is 5.96. The third-order valence-electron chi connectivity index (χ3n) is 11.1. The van der Waals surface area contributed by atoms with Gasteiger partial charge in [0.25, 0.3) is 0 Å². The predicted molar refractivity (Wildman–Crippen MR) is 158 cm³/mol. The highest BCUT2D eigenvalue weighted by Gasteiger charge is 2.83. The smallest absolute Gasteiger partial charge is 0.333 e. The standard InChI is InChI=1S/C34H50O8/c1-9-10-11-12-13-14-25(35)42-33-17-21(5)32-16-20(4)27(36)34(32,40)28(37)23(18-41-30(39)22(6)19(2)3)15-24(29(32)38)26(33)31(33,7)8/h15-16,21,24,26-28,36-37,40H,9-14,17-18H2,1-8H3/t21?,24-,26+,27-,28+,32?,33-,34+/m0/s1. The zero-order chi connectivity index (χ0) is 31.4. The second kappa shape index (κ2) is 11.3. The van der Waals surface area contributed by atoms with Gasteiger partial charge in [0.05, 0.1) is 5.41 Å². The summed E-state index contributed by atoms with van der Waals surface area (Å²) >= 11 is 0. The minimum atomic E-state index is -2.28. The number of fused-ring (bicyclic) bond motifs is 3. The molecule has 2 fully saturated rings. The minimum Gasteiger partial charge on any atom is -0.458 e. The number of aliphatic hydroxyl groups is 3. The van der Waals surface area contributed by atoms with Gasteiger partial charge in [0.1, 0.15) is 30.0 Å². The number of aliphatic hydroxyl groups excluding tert-OH is 2. The molecule has 3 N–H and O–H groups in total. The number of carbonyl (C=O) groups is 3. The third kappa shape index (κ3) is 4.63. The Kier molecular flexibility index (Phi) is 8.80. The van der Waals surface area contributed by atoms with Crippen molar-refractivity contribution in [2.24, 2.45) is 28.6 Å². The Balaban J connectivity index is 1.75. The fraction of sp³-hybridized carbons (Fsp3) is 0.735. The molecular weight excluding hydrogens is 536 g/mol. The lowest BCUT2D eigenvalue weighted by Gasteiger charge is -2.48. The first-order chi connectivity index (χ1) is 19.5. The largest absolute Gasteiger partial charge is 0.458 e. The van der Waals surface area contributed by atoms with Crippen LogP contribution in [0.15, 0.2) is 34.4 Å². The molecule has 234 valence electrons. The molecule has 8 nitrogen and oxygen atoms in total. The number of ether oxygens (including phenoxy) is 2. The zero-order valence-corrected chi connectivity index (χ0v) is 26.6. The molecule has 8 heteroatoms. The molecule has 0 radical (unpaired) electrons. The molecule has 0 aromatic rings. The van der Waals surface area contributed by atoms with Gasteiger partial charge in [-0.25, -0.2) is 4.79 Å². The number of rotatable bonds is 10. The van der Waals surface area contributed by atoms with Crippen molar-refractivity contribution >= 4 is 17.7 Å². The van der Waals surface area contributed by atoms with Gasteiger partial charge in [-0.1, -0.05) is 71.1 Å². The third-order valence-corrected chi connectivity index (χ3v) is 11.1. The number of Topliss-reactive ketones (excluding diaryl/α,β-unsaturated/α-hetero) is 1. The topological polar surface area (TPSA) is 130 Å². The second-order valence-corrected chi connectivity index (χ2v) is 14.1. The molecule has 0 aliphatic heterocycles. The molecule has 42 heavy (non-hydrogen) atoms. The van der Waals surface area contributed by atoms with Gasteiger partial charge < -0.3 is 24.8 Å². The van der Waals surface area contributed by atoms with Gasteiger partial charge in [-0.15, -0.1) is 0 Å². The van der Waals surface area contributed by atoms with Crippen molar-refractivity contribution in [2.45, 2.75) is 124 Å². The lowest BCUT2D eigenvalue weighted by molar-refractivity contribution is -0.192. The summed E-state index contributed by atoms with van der Waals surface area (Å²) in [7, 11) is 0. The first-order valence-electron chi connectivity index (χ1n) is 15.6. The molecule has 8 atom stereocenters. The van der Waals surface area contributed by atoms with E-state index in [1.165, 1.54) is 0 Å². The number of unbranched alkanes of at least 4 members (excludes halogenated alkanes) is 4. The molecule has 0 amide bonds. The van der Waals surface area contributed by atoms with Crippen molar-refractivity contribution in [2.75, 3.05) is 6.61 Å². The van der Waals surface area contributed by atoms with E-state index in [4.69, 9.17) is 9.47 Å². The van der Waals surface area contributed by atoms with E-state index in [-0.39, 0.29) is 23.9 Å². The van der Waals surface area contributed by atoms with Crippen LogP contribution >= 0.6 is 0 Å². The van der Waals surface area contributed by atoms with Gasteiger partial charge in [-0.3, -0.25) is 9.59 Å². The van der Waals surface area contributed by atoms with Gasteiger partial charge in [0.15, 0.2) is 5.78 Å².